The average Bonchev–Trinajstić information content (AvgIpc) is 3.18. The zero-order chi connectivity index (χ0) is 17.9. The van der Waals surface area contributed by atoms with E-state index in [-0.39, 0.29) is 18.4 Å². The summed E-state index contributed by atoms with van der Waals surface area (Å²) < 4.78 is 27.1. The molecule has 25 heavy (non-hydrogen) atoms. The standard InChI is InChI=1S/C17H20N2O3S3/c1-23-15-8-6-14(7-9-15)18-17(20)13-4-2-10-19(12-13)25(21,22)16-5-3-11-24-16/h3,5-9,11,13H,2,4,10,12H2,1H3,(H,18,20)/t13-/m0/s1. The fraction of sp³-hybridized carbons (Fsp3) is 0.353. The van der Waals surface area contributed by atoms with Crippen LogP contribution in [0.3, 0.4) is 0 Å². The lowest BCUT2D eigenvalue weighted by atomic mass is 9.99. The van der Waals surface area contributed by atoms with Crippen molar-refractivity contribution in [3.8, 4) is 0 Å². The minimum Gasteiger partial charge on any atom is -0.326 e. The van der Waals surface area contributed by atoms with Crippen LogP contribution >= 0.6 is 23.1 Å². The smallest absolute Gasteiger partial charge is 0.252 e. The van der Waals surface area contributed by atoms with Crippen molar-refractivity contribution in [1.82, 2.24) is 4.31 Å². The maximum Gasteiger partial charge on any atom is 0.252 e. The molecule has 2 heterocycles. The first kappa shape index (κ1) is 18.4. The Balaban J connectivity index is 1.67. The number of anilines is 1. The van der Waals surface area contributed by atoms with E-state index in [1.807, 2.05) is 30.5 Å². The van der Waals surface area contributed by atoms with Gasteiger partial charge in [-0.3, -0.25) is 4.79 Å². The third-order valence-corrected chi connectivity index (χ3v) is 8.18. The Kier molecular flexibility index (Phi) is 5.83. The molecule has 1 fully saturated rings. The first-order chi connectivity index (χ1) is 12.0. The number of carbonyl (C=O) groups excluding carboxylic acids is 1. The Labute approximate surface area is 156 Å². The van der Waals surface area contributed by atoms with Gasteiger partial charge in [0.25, 0.3) is 10.0 Å². The second-order valence-electron chi connectivity index (χ2n) is 5.85. The molecule has 8 heteroatoms. The minimum absolute atomic E-state index is 0.122. The van der Waals surface area contributed by atoms with Crippen LogP contribution < -0.4 is 5.32 Å². The Hall–Kier alpha value is -1.35. The molecule has 0 radical (unpaired) electrons. The lowest BCUT2D eigenvalue weighted by Crippen LogP contribution is -2.43. The van der Waals surface area contributed by atoms with Gasteiger partial charge in [-0.15, -0.1) is 23.1 Å². The number of nitrogens with one attached hydrogen (secondary N) is 1. The normalized spacial score (nSPS) is 18.8. The number of benzene rings is 1. The fourth-order valence-electron chi connectivity index (χ4n) is 2.83. The maximum atomic E-state index is 12.6. The molecule has 1 aliphatic heterocycles. The summed E-state index contributed by atoms with van der Waals surface area (Å²) in [7, 11) is -3.50. The summed E-state index contributed by atoms with van der Waals surface area (Å²) in [5.41, 5.74) is 0.737. The van der Waals surface area contributed by atoms with Crippen LogP contribution in [0.25, 0.3) is 0 Å². The van der Waals surface area contributed by atoms with E-state index < -0.39 is 10.0 Å². The molecule has 1 amide bonds. The van der Waals surface area contributed by atoms with Crippen LogP contribution in [0.2, 0.25) is 0 Å². The predicted molar refractivity (Wildman–Crippen MR) is 103 cm³/mol. The molecule has 0 bridgehead atoms. The highest BCUT2D eigenvalue weighted by Crippen LogP contribution is 2.27. The van der Waals surface area contributed by atoms with Gasteiger partial charge in [0, 0.05) is 23.7 Å². The zero-order valence-corrected chi connectivity index (χ0v) is 16.3. The number of thiophene rings is 1. The third kappa shape index (κ3) is 4.25. The molecule has 3 rings (SSSR count). The highest BCUT2D eigenvalue weighted by molar-refractivity contribution is 7.98. The molecule has 0 unspecified atom stereocenters. The summed E-state index contributed by atoms with van der Waals surface area (Å²) in [6.45, 7) is 0.696. The number of hydrogen-bond donors (Lipinski definition) is 1. The largest absolute Gasteiger partial charge is 0.326 e. The van der Waals surface area contributed by atoms with Crippen molar-refractivity contribution in [3.05, 3.63) is 41.8 Å². The third-order valence-electron chi connectivity index (χ3n) is 4.20. The first-order valence-electron chi connectivity index (χ1n) is 7.99. The molecule has 0 saturated carbocycles. The van der Waals surface area contributed by atoms with Crippen molar-refractivity contribution in [2.24, 2.45) is 5.92 Å². The van der Waals surface area contributed by atoms with Crippen molar-refractivity contribution in [2.45, 2.75) is 21.9 Å². The van der Waals surface area contributed by atoms with E-state index in [4.69, 9.17) is 0 Å². The molecule has 134 valence electrons. The fourth-order valence-corrected chi connectivity index (χ4v) is 5.91. The number of nitrogens with zero attached hydrogens (tertiary/aromatic N) is 1. The van der Waals surface area contributed by atoms with E-state index in [9.17, 15) is 13.2 Å². The van der Waals surface area contributed by atoms with E-state index in [1.165, 1.54) is 15.6 Å². The van der Waals surface area contributed by atoms with Gasteiger partial charge in [-0.05, 0) is 54.8 Å². The van der Waals surface area contributed by atoms with Crippen molar-refractivity contribution < 1.29 is 13.2 Å². The predicted octanol–water partition coefficient (Wildman–Crippen LogP) is 3.51. The quantitative estimate of drug-likeness (QED) is 0.786. The van der Waals surface area contributed by atoms with Gasteiger partial charge in [0.05, 0.1) is 5.92 Å². The molecule has 1 saturated heterocycles. The molecule has 1 N–H and O–H groups in total. The Morgan fingerprint density at radius 1 is 1.28 bits per heavy atom. The second-order valence-corrected chi connectivity index (χ2v) is 9.84. The Morgan fingerprint density at radius 3 is 2.68 bits per heavy atom. The van der Waals surface area contributed by atoms with Gasteiger partial charge < -0.3 is 5.32 Å². The highest BCUT2D eigenvalue weighted by Gasteiger charge is 2.33. The van der Waals surface area contributed by atoms with Crippen LogP contribution in [-0.2, 0) is 14.8 Å². The van der Waals surface area contributed by atoms with Gasteiger partial charge in [-0.25, -0.2) is 8.42 Å². The van der Waals surface area contributed by atoms with E-state index in [2.05, 4.69) is 5.32 Å². The van der Waals surface area contributed by atoms with Gasteiger partial charge >= 0.3 is 0 Å². The van der Waals surface area contributed by atoms with Crippen LogP contribution in [0, 0.1) is 5.92 Å². The summed E-state index contributed by atoms with van der Waals surface area (Å²) >= 11 is 2.85. The SMILES string of the molecule is CSc1ccc(NC(=O)[C@H]2CCCN(S(=O)(=O)c3cccs3)C2)cc1. The molecule has 1 aromatic heterocycles. The van der Waals surface area contributed by atoms with Crippen LogP contribution in [-0.4, -0.2) is 38.0 Å². The number of amides is 1. The molecular weight excluding hydrogens is 376 g/mol. The van der Waals surface area contributed by atoms with Crippen LogP contribution in [0.1, 0.15) is 12.8 Å². The van der Waals surface area contributed by atoms with Crippen molar-refractivity contribution in [3.63, 3.8) is 0 Å². The van der Waals surface area contributed by atoms with E-state index >= 15 is 0 Å². The van der Waals surface area contributed by atoms with E-state index in [1.54, 1.807) is 29.3 Å². The van der Waals surface area contributed by atoms with Gasteiger partial charge in [0.2, 0.25) is 5.91 Å². The van der Waals surface area contributed by atoms with Gasteiger partial charge in [0.15, 0.2) is 0 Å². The molecule has 0 spiro atoms. The number of thioether (sulfide) groups is 1. The van der Waals surface area contributed by atoms with Crippen molar-refractivity contribution in [2.75, 3.05) is 24.7 Å². The molecule has 1 aromatic carbocycles. The molecule has 5 nitrogen and oxygen atoms in total. The number of sulfonamides is 1. The van der Waals surface area contributed by atoms with Crippen LogP contribution in [0.15, 0.2) is 50.9 Å². The summed E-state index contributed by atoms with van der Waals surface area (Å²) in [6, 6.07) is 11.0. The number of carbonyl (C=O) groups is 1. The van der Waals surface area contributed by atoms with Crippen LogP contribution in [0.4, 0.5) is 5.69 Å². The van der Waals surface area contributed by atoms with E-state index in [0.717, 1.165) is 10.6 Å². The lowest BCUT2D eigenvalue weighted by Gasteiger charge is -2.30. The van der Waals surface area contributed by atoms with Crippen molar-refractivity contribution >= 4 is 44.7 Å². The average molecular weight is 397 g/mol. The maximum absolute atomic E-state index is 12.6. The molecule has 2 aromatic rings. The topological polar surface area (TPSA) is 66.5 Å². The van der Waals surface area contributed by atoms with Crippen molar-refractivity contribution in [1.29, 1.82) is 0 Å². The molecule has 1 aliphatic rings. The number of piperidine rings is 1. The van der Waals surface area contributed by atoms with Gasteiger partial charge in [-0.2, -0.15) is 4.31 Å². The zero-order valence-electron chi connectivity index (χ0n) is 13.8. The van der Waals surface area contributed by atoms with E-state index in [0.29, 0.717) is 23.6 Å². The summed E-state index contributed by atoms with van der Waals surface area (Å²) in [6.07, 6.45) is 3.39. The molecule has 1 atom stereocenters. The second kappa shape index (κ2) is 7.90. The van der Waals surface area contributed by atoms with Crippen LogP contribution in [0.5, 0.6) is 0 Å². The number of hydrogen-bond acceptors (Lipinski definition) is 5. The first-order valence-corrected chi connectivity index (χ1v) is 11.5. The number of rotatable bonds is 5. The minimum atomic E-state index is -3.50. The molecule has 0 aliphatic carbocycles. The highest BCUT2D eigenvalue weighted by atomic mass is 32.2. The van der Waals surface area contributed by atoms with Gasteiger partial charge in [-0.1, -0.05) is 6.07 Å². The summed E-state index contributed by atoms with van der Waals surface area (Å²) in [4.78, 5) is 13.7. The monoisotopic (exact) mass is 396 g/mol. The van der Waals surface area contributed by atoms with Gasteiger partial charge in [0.1, 0.15) is 4.21 Å². The summed E-state index contributed by atoms with van der Waals surface area (Å²) in [5, 5.41) is 4.65. The Morgan fingerprint density at radius 2 is 2.04 bits per heavy atom. The lowest BCUT2D eigenvalue weighted by molar-refractivity contribution is -0.120. The Bertz CT molecular complexity index is 817. The summed E-state index contributed by atoms with van der Waals surface area (Å²) in [5.74, 6) is -0.452. The molecular formula is C17H20N2O3S3.